The minimum absolute atomic E-state index is 0.520. The predicted octanol–water partition coefficient (Wildman–Crippen LogP) is -0.641. The summed E-state index contributed by atoms with van der Waals surface area (Å²) in [7, 11) is -3.72. The summed E-state index contributed by atoms with van der Waals surface area (Å²) >= 11 is 0. The standard InChI is InChI=1S/C5H6N2O5S/c1-13(10,11)4-2(5(8)9)3(6)12-7-4/h6H2,1H3,(H,8,9). The van der Waals surface area contributed by atoms with E-state index in [0.29, 0.717) is 0 Å². The first-order valence-corrected chi connectivity index (χ1v) is 4.91. The normalized spacial score (nSPS) is 11.5. The number of hydrogen-bond acceptors (Lipinski definition) is 6. The number of aromatic nitrogens is 1. The van der Waals surface area contributed by atoms with Crippen LogP contribution in [0.25, 0.3) is 0 Å². The monoisotopic (exact) mass is 206 g/mol. The van der Waals surface area contributed by atoms with Gasteiger partial charge in [0.05, 0.1) is 0 Å². The first kappa shape index (κ1) is 9.52. The molecule has 1 aromatic heterocycles. The molecule has 0 atom stereocenters. The minimum Gasteiger partial charge on any atom is -0.477 e. The molecule has 13 heavy (non-hydrogen) atoms. The summed E-state index contributed by atoms with van der Waals surface area (Å²) in [5.74, 6) is -2.01. The molecule has 0 bridgehead atoms. The van der Waals surface area contributed by atoms with Crippen LogP contribution in [0.2, 0.25) is 0 Å². The molecule has 1 rings (SSSR count). The smallest absolute Gasteiger partial charge is 0.344 e. The Balaban J connectivity index is 3.49. The van der Waals surface area contributed by atoms with E-state index < -0.39 is 32.3 Å². The van der Waals surface area contributed by atoms with Gasteiger partial charge >= 0.3 is 5.97 Å². The number of nitrogens with zero attached hydrogens (tertiary/aromatic N) is 1. The zero-order chi connectivity index (χ0) is 10.2. The Hall–Kier alpha value is -1.57. The first-order chi connectivity index (χ1) is 5.84. The lowest BCUT2D eigenvalue weighted by Gasteiger charge is -1.92. The second kappa shape index (κ2) is 2.73. The summed E-state index contributed by atoms with van der Waals surface area (Å²) in [6.07, 6.45) is 0.816. The molecule has 0 saturated heterocycles. The summed E-state index contributed by atoms with van der Waals surface area (Å²) in [6, 6.07) is 0. The van der Waals surface area contributed by atoms with E-state index in [2.05, 4.69) is 9.68 Å². The van der Waals surface area contributed by atoms with Gasteiger partial charge in [0, 0.05) is 6.26 Å². The number of nitrogen functional groups attached to an aromatic ring is 1. The molecular weight excluding hydrogens is 200 g/mol. The van der Waals surface area contributed by atoms with Gasteiger partial charge in [-0.3, -0.25) is 0 Å². The number of anilines is 1. The zero-order valence-electron chi connectivity index (χ0n) is 6.51. The van der Waals surface area contributed by atoms with Crippen LogP contribution < -0.4 is 5.73 Å². The van der Waals surface area contributed by atoms with Gasteiger partial charge in [-0.25, -0.2) is 13.2 Å². The van der Waals surface area contributed by atoms with Crippen LogP contribution in [0, 0.1) is 0 Å². The lowest BCUT2D eigenvalue weighted by molar-refractivity contribution is 0.0693. The molecule has 0 unspecified atom stereocenters. The molecule has 72 valence electrons. The molecule has 0 saturated carbocycles. The van der Waals surface area contributed by atoms with Gasteiger partial charge in [0.2, 0.25) is 10.9 Å². The second-order valence-electron chi connectivity index (χ2n) is 2.30. The van der Waals surface area contributed by atoms with Gasteiger partial charge in [0.1, 0.15) is 0 Å². The summed E-state index contributed by atoms with van der Waals surface area (Å²) in [5, 5.41) is 10.9. The fraction of sp³-hybridized carbons (Fsp3) is 0.200. The number of carboxylic acids is 1. The van der Waals surface area contributed by atoms with E-state index >= 15 is 0 Å². The number of rotatable bonds is 2. The van der Waals surface area contributed by atoms with Crippen molar-refractivity contribution < 1.29 is 22.8 Å². The third kappa shape index (κ3) is 1.61. The van der Waals surface area contributed by atoms with Gasteiger partial charge in [-0.15, -0.1) is 0 Å². The Kier molecular flexibility index (Phi) is 2.00. The van der Waals surface area contributed by atoms with Crippen molar-refractivity contribution in [3.05, 3.63) is 5.56 Å². The summed E-state index contributed by atoms with van der Waals surface area (Å²) in [6.45, 7) is 0. The highest BCUT2D eigenvalue weighted by Crippen LogP contribution is 2.20. The van der Waals surface area contributed by atoms with Crippen LogP contribution in [0.5, 0.6) is 0 Å². The molecule has 1 aromatic rings. The van der Waals surface area contributed by atoms with Crippen LogP contribution in [0.15, 0.2) is 9.55 Å². The molecular formula is C5H6N2O5S. The Morgan fingerprint density at radius 3 is 2.46 bits per heavy atom. The maximum atomic E-state index is 10.9. The van der Waals surface area contributed by atoms with E-state index in [-0.39, 0.29) is 0 Å². The predicted molar refractivity (Wildman–Crippen MR) is 41.0 cm³/mol. The number of carboxylic acid groups (broad SMARTS) is 1. The molecule has 0 fully saturated rings. The molecule has 0 amide bonds. The third-order valence-corrected chi connectivity index (χ3v) is 2.23. The van der Waals surface area contributed by atoms with Crippen molar-refractivity contribution in [2.24, 2.45) is 0 Å². The van der Waals surface area contributed by atoms with Crippen LogP contribution in [0.1, 0.15) is 10.4 Å². The molecule has 8 heteroatoms. The van der Waals surface area contributed by atoms with Crippen molar-refractivity contribution in [2.45, 2.75) is 5.03 Å². The Labute approximate surface area is 73.0 Å². The Bertz CT molecular complexity index is 445. The van der Waals surface area contributed by atoms with Gasteiger partial charge < -0.3 is 15.4 Å². The SMILES string of the molecule is CS(=O)(=O)c1noc(N)c1C(=O)O. The molecule has 0 spiro atoms. The number of carbonyl (C=O) groups is 1. The highest BCUT2D eigenvalue weighted by atomic mass is 32.2. The van der Waals surface area contributed by atoms with Crippen LogP contribution in [-0.2, 0) is 9.84 Å². The van der Waals surface area contributed by atoms with Gasteiger partial charge in [0.15, 0.2) is 15.4 Å². The number of sulfone groups is 1. The van der Waals surface area contributed by atoms with Crippen molar-refractivity contribution >= 4 is 21.7 Å². The van der Waals surface area contributed by atoms with Crippen LogP contribution in [0.3, 0.4) is 0 Å². The van der Waals surface area contributed by atoms with Crippen LogP contribution in [0.4, 0.5) is 5.88 Å². The average Bonchev–Trinajstić information content (AvgIpc) is 2.28. The molecule has 7 nitrogen and oxygen atoms in total. The van der Waals surface area contributed by atoms with E-state index in [9.17, 15) is 13.2 Å². The lowest BCUT2D eigenvalue weighted by atomic mass is 10.3. The van der Waals surface area contributed by atoms with Crippen LogP contribution >= 0.6 is 0 Å². The third-order valence-electron chi connectivity index (χ3n) is 1.25. The second-order valence-corrected chi connectivity index (χ2v) is 4.24. The highest BCUT2D eigenvalue weighted by molar-refractivity contribution is 7.90. The summed E-state index contributed by atoms with van der Waals surface area (Å²) in [5.41, 5.74) is 4.44. The van der Waals surface area contributed by atoms with E-state index in [1.807, 2.05) is 0 Å². The molecule has 3 N–H and O–H groups in total. The molecule has 1 heterocycles. The lowest BCUT2D eigenvalue weighted by Crippen LogP contribution is -2.07. The average molecular weight is 206 g/mol. The van der Waals surface area contributed by atoms with E-state index in [1.54, 1.807) is 0 Å². The maximum absolute atomic E-state index is 10.9. The van der Waals surface area contributed by atoms with Crippen molar-refractivity contribution in [2.75, 3.05) is 12.0 Å². The number of nitrogens with two attached hydrogens (primary N) is 1. The highest BCUT2D eigenvalue weighted by Gasteiger charge is 2.27. The molecule has 0 aromatic carbocycles. The molecule has 0 aliphatic heterocycles. The fourth-order valence-electron chi connectivity index (χ4n) is 0.737. The molecule has 0 aliphatic carbocycles. The first-order valence-electron chi connectivity index (χ1n) is 3.02. The van der Waals surface area contributed by atoms with Crippen molar-refractivity contribution in [1.29, 1.82) is 0 Å². The summed E-state index contributed by atoms with van der Waals surface area (Å²) < 4.78 is 26.1. The summed E-state index contributed by atoms with van der Waals surface area (Å²) in [4.78, 5) is 10.5. The quantitative estimate of drug-likeness (QED) is 0.659. The minimum atomic E-state index is -3.72. The zero-order valence-corrected chi connectivity index (χ0v) is 7.33. The fourth-order valence-corrected chi connectivity index (χ4v) is 1.47. The van der Waals surface area contributed by atoms with E-state index in [4.69, 9.17) is 10.8 Å². The molecule has 0 radical (unpaired) electrons. The largest absolute Gasteiger partial charge is 0.477 e. The van der Waals surface area contributed by atoms with Gasteiger partial charge in [0.25, 0.3) is 0 Å². The topological polar surface area (TPSA) is 123 Å². The number of hydrogen-bond donors (Lipinski definition) is 2. The van der Waals surface area contributed by atoms with E-state index in [0.717, 1.165) is 6.26 Å². The van der Waals surface area contributed by atoms with Crippen molar-refractivity contribution in [3.8, 4) is 0 Å². The number of aromatic carboxylic acids is 1. The molecule has 0 aliphatic rings. The maximum Gasteiger partial charge on any atom is 0.344 e. The van der Waals surface area contributed by atoms with Crippen LogP contribution in [-0.4, -0.2) is 30.9 Å². The Morgan fingerprint density at radius 2 is 2.15 bits per heavy atom. The Morgan fingerprint density at radius 1 is 1.62 bits per heavy atom. The van der Waals surface area contributed by atoms with Crippen molar-refractivity contribution in [3.63, 3.8) is 0 Å². The van der Waals surface area contributed by atoms with Gasteiger partial charge in [-0.1, -0.05) is 5.16 Å². The van der Waals surface area contributed by atoms with Crippen molar-refractivity contribution in [1.82, 2.24) is 5.16 Å². The van der Waals surface area contributed by atoms with Gasteiger partial charge in [-0.05, 0) is 0 Å². The van der Waals surface area contributed by atoms with Gasteiger partial charge in [-0.2, -0.15) is 0 Å². The van der Waals surface area contributed by atoms with E-state index in [1.165, 1.54) is 0 Å².